The number of carbonyl (C=O) groups excluding carboxylic acids is 2. The first-order valence-electron chi connectivity index (χ1n) is 9.83. The number of benzene rings is 2. The second kappa shape index (κ2) is 8.77. The number of esters is 1. The molecule has 0 spiro atoms. The average molecular weight is 426 g/mol. The number of ether oxygens (including phenoxy) is 1. The topological polar surface area (TPSA) is 79.7 Å². The molecule has 1 fully saturated rings. The SMILES string of the molecule is O=C(OCc1ccc(F)c2cccnc12)C1CC(O)CN1C(=O)Cc1ccccc1F. The number of aliphatic hydroxyl groups is 1. The molecule has 160 valence electrons. The van der Waals surface area contributed by atoms with Gasteiger partial charge in [-0.2, -0.15) is 0 Å². The van der Waals surface area contributed by atoms with Crippen LogP contribution in [0.2, 0.25) is 0 Å². The van der Waals surface area contributed by atoms with E-state index in [2.05, 4.69) is 4.98 Å². The third-order valence-corrected chi connectivity index (χ3v) is 5.34. The third kappa shape index (κ3) is 4.39. The maximum absolute atomic E-state index is 14.0. The molecule has 1 aliphatic heterocycles. The summed E-state index contributed by atoms with van der Waals surface area (Å²) >= 11 is 0. The summed E-state index contributed by atoms with van der Waals surface area (Å²) in [7, 11) is 0. The van der Waals surface area contributed by atoms with Crippen molar-refractivity contribution >= 4 is 22.8 Å². The molecule has 0 saturated carbocycles. The zero-order chi connectivity index (χ0) is 22.0. The summed E-state index contributed by atoms with van der Waals surface area (Å²) in [6.07, 6.45) is 0.444. The monoisotopic (exact) mass is 426 g/mol. The number of carbonyl (C=O) groups is 2. The summed E-state index contributed by atoms with van der Waals surface area (Å²) in [6, 6.07) is 10.9. The van der Waals surface area contributed by atoms with Gasteiger partial charge in [-0.15, -0.1) is 0 Å². The van der Waals surface area contributed by atoms with E-state index < -0.39 is 35.7 Å². The largest absolute Gasteiger partial charge is 0.459 e. The number of pyridine rings is 1. The van der Waals surface area contributed by atoms with Crippen LogP contribution in [0, 0.1) is 11.6 Å². The first-order valence-corrected chi connectivity index (χ1v) is 9.83. The van der Waals surface area contributed by atoms with E-state index in [1.165, 1.54) is 41.4 Å². The minimum atomic E-state index is -0.978. The normalized spacial score (nSPS) is 18.4. The summed E-state index contributed by atoms with van der Waals surface area (Å²) in [5.41, 5.74) is 1.12. The Morgan fingerprint density at radius 2 is 1.87 bits per heavy atom. The molecule has 6 nitrogen and oxygen atoms in total. The molecule has 2 aromatic carbocycles. The van der Waals surface area contributed by atoms with Gasteiger partial charge in [-0.25, -0.2) is 13.6 Å². The molecule has 31 heavy (non-hydrogen) atoms. The van der Waals surface area contributed by atoms with Crippen molar-refractivity contribution < 1.29 is 28.2 Å². The highest BCUT2D eigenvalue weighted by atomic mass is 19.1. The Bertz CT molecular complexity index is 1140. The van der Waals surface area contributed by atoms with Crippen LogP contribution in [0.4, 0.5) is 8.78 Å². The number of aromatic nitrogens is 1. The van der Waals surface area contributed by atoms with E-state index in [4.69, 9.17) is 4.74 Å². The van der Waals surface area contributed by atoms with Crippen LogP contribution in [0.1, 0.15) is 17.5 Å². The van der Waals surface area contributed by atoms with Crippen molar-refractivity contribution in [1.82, 2.24) is 9.88 Å². The van der Waals surface area contributed by atoms with Crippen molar-refractivity contribution in [2.24, 2.45) is 0 Å². The molecular formula is C23H20F2N2O4. The standard InChI is InChI=1S/C23H20F2N2O4/c24-18-6-2-1-4-14(18)10-21(29)27-12-16(28)11-20(27)23(30)31-13-15-7-8-19(25)17-5-3-9-26-22(15)17/h1-9,16,20,28H,10-13H2. The number of fused-ring (bicyclic) bond motifs is 1. The van der Waals surface area contributed by atoms with E-state index in [1.54, 1.807) is 18.2 Å². The van der Waals surface area contributed by atoms with E-state index in [0.29, 0.717) is 16.5 Å². The lowest BCUT2D eigenvalue weighted by molar-refractivity contribution is -0.154. The van der Waals surface area contributed by atoms with Crippen LogP contribution in [0.15, 0.2) is 54.7 Å². The van der Waals surface area contributed by atoms with Crippen LogP contribution >= 0.6 is 0 Å². The molecule has 2 heterocycles. The van der Waals surface area contributed by atoms with Crippen LogP contribution in [0.25, 0.3) is 10.9 Å². The number of amides is 1. The van der Waals surface area contributed by atoms with Crippen molar-refractivity contribution in [3.05, 3.63) is 77.5 Å². The molecule has 0 bridgehead atoms. The number of hydrogen-bond donors (Lipinski definition) is 1. The van der Waals surface area contributed by atoms with E-state index in [1.807, 2.05) is 0 Å². The highest BCUT2D eigenvalue weighted by Crippen LogP contribution is 2.24. The van der Waals surface area contributed by atoms with Gasteiger partial charge in [-0.1, -0.05) is 24.3 Å². The summed E-state index contributed by atoms with van der Waals surface area (Å²) in [5.74, 6) is -2.10. The number of likely N-dealkylation sites (tertiary alicyclic amines) is 1. The molecule has 1 aliphatic rings. The Morgan fingerprint density at radius 3 is 2.68 bits per heavy atom. The minimum absolute atomic E-state index is 0.0320. The zero-order valence-electron chi connectivity index (χ0n) is 16.5. The van der Waals surface area contributed by atoms with Crippen molar-refractivity contribution in [2.45, 2.75) is 31.6 Å². The highest BCUT2D eigenvalue weighted by molar-refractivity contribution is 5.87. The summed E-state index contributed by atoms with van der Waals surface area (Å²) < 4.78 is 33.2. The smallest absolute Gasteiger partial charge is 0.329 e. The van der Waals surface area contributed by atoms with Crippen molar-refractivity contribution in [3.63, 3.8) is 0 Å². The van der Waals surface area contributed by atoms with Crippen LogP contribution < -0.4 is 0 Å². The Kier molecular flexibility index (Phi) is 5.90. The van der Waals surface area contributed by atoms with Crippen LogP contribution in [-0.2, 0) is 27.4 Å². The van der Waals surface area contributed by atoms with E-state index in [0.717, 1.165) is 0 Å². The van der Waals surface area contributed by atoms with E-state index in [9.17, 15) is 23.5 Å². The van der Waals surface area contributed by atoms with Gasteiger partial charge >= 0.3 is 5.97 Å². The third-order valence-electron chi connectivity index (χ3n) is 5.34. The fraction of sp³-hybridized carbons (Fsp3) is 0.261. The minimum Gasteiger partial charge on any atom is -0.459 e. The molecule has 4 rings (SSSR count). The molecule has 3 aromatic rings. The Balaban J connectivity index is 1.47. The van der Waals surface area contributed by atoms with Gasteiger partial charge in [-0.3, -0.25) is 9.78 Å². The second-order valence-corrected chi connectivity index (χ2v) is 7.43. The number of β-amino-alcohol motifs (C(OH)–C–C–N with tert-alkyl or cyclic N) is 1. The Hall–Kier alpha value is -3.39. The van der Waals surface area contributed by atoms with Gasteiger partial charge < -0.3 is 14.7 Å². The van der Waals surface area contributed by atoms with Crippen molar-refractivity contribution in [1.29, 1.82) is 0 Å². The number of hydrogen-bond acceptors (Lipinski definition) is 5. The van der Waals surface area contributed by atoms with Gasteiger partial charge in [0.15, 0.2) is 0 Å². The molecule has 0 radical (unpaired) electrons. The van der Waals surface area contributed by atoms with Crippen LogP contribution in [0.3, 0.4) is 0 Å². The van der Waals surface area contributed by atoms with Crippen molar-refractivity contribution in [2.75, 3.05) is 6.54 Å². The number of nitrogens with zero attached hydrogens (tertiary/aromatic N) is 2. The lowest BCUT2D eigenvalue weighted by Gasteiger charge is -2.23. The number of rotatable bonds is 5. The number of halogens is 2. The van der Waals surface area contributed by atoms with E-state index in [-0.39, 0.29) is 31.6 Å². The van der Waals surface area contributed by atoms with Gasteiger partial charge in [0, 0.05) is 30.1 Å². The molecular weight excluding hydrogens is 406 g/mol. The predicted molar refractivity (Wildman–Crippen MR) is 108 cm³/mol. The maximum Gasteiger partial charge on any atom is 0.329 e. The molecule has 8 heteroatoms. The molecule has 1 amide bonds. The lowest BCUT2D eigenvalue weighted by Crippen LogP contribution is -2.42. The second-order valence-electron chi connectivity index (χ2n) is 7.43. The number of aliphatic hydroxyl groups excluding tert-OH is 1. The first-order chi connectivity index (χ1) is 14.9. The highest BCUT2D eigenvalue weighted by Gasteiger charge is 2.40. The zero-order valence-corrected chi connectivity index (χ0v) is 16.5. The lowest BCUT2D eigenvalue weighted by atomic mass is 10.1. The molecule has 1 saturated heterocycles. The van der Waals surface area contributed by atoms with Gasteiger partial charge in [0.25, 0.3) is 0 Å². The summed E-state index contributed by atoms with van der Waals surface area (Å²) in [6.45, 7) is -0.192. The van der Waals surface area contributed by atoms with Crippen LogP contribution in [-0.4, -0.2) is 45.6 Å². The van der Waals surface area contributed by atoms with Gasteiger partial charge in [0.05, 0.1) is 18.0 Å². The van der Waals surface area contributed by atoms with Gasteiger partial charge in [-0.05, 0) is 29.8 Å². The van der Waals surface area contributed by atoms with E-state index >= 15 is 0 Å². The molecule has 1 N–H and O–H groups in total. The first kappa shape index (κ1) is 20.9. The van der Waals surface area contributed by atoms with Gasteiger partial charge in [0.2, 0.25) is 5.91 Å². The Morgan fingerprint density at radius 1 is 1.06 bits per heavy atom. The molecule has 2 atom stereocenters. The summed E-state index contributed by atoms with van der Waals surface area (Å²) in [4.78, 5) is 30.8. The fourth-order valence-corrected chi connectivity index (χ4v) is 3.78. The average Bonchev–Trinajstić information content (AvgIpc) is 3.17. The van der Waals surface area contributed by atoms with Crippen LogP contribution in [0.5, 0.6) is 0 Å². The quantitative estimate of drug-likeness (QED) is 0.635. The predicted octanol–water partition coefficient (Wildman–Crippen LogP) is 2.76. The Labute approximate surface area is 177 Å². The maximum atomic E-state index is 14.0. The van der Waals surface area contributed by atoms with Crippen molar-refractivity contribution in [3.8, 4) is 0 Å². The fourth-order valence-electron chi connectivity index (χ4n) is 3.78. The molecule has 2 unspecified atom stereocenters. The molecule has 1 aromatic heterocycles. The van der Waals surface area contributed by atoms with Gasteiger partial charge in [0.1, 0.15) is 24.3 Å². The summed E-state index contributed by atoms with van der Waals surface area (Å²) in [5, 5.41) is 10.3. The molecule has 0 aliphatic carbocycles.